The SMILES string of the molecule is CCOC(=O)C1=C(c2ccccc2)N=C2SC=C(CC(=O)N3CCN(C(C)=O)CC3)N2C1c1cccc(F)c1. The maximum Gasteiger partial charge on any atom is 0.338 e. The van der Waals surface area contributed by atoms with E-state index in [0.29, 0.717) is 48.3 Å². The number of carbonyl (C=O) groups excluding carboxylic acids is 3. The predicted octanol–water partition coefficient (Wildman–Crippen LogP) is 4.18. The quantitative estimate of drug-likeness (QED) is 0.504. The van der Waals surface area contributed by atoms with Crippen molar-refractivity contribution in [1.29, 1.82) is 0 Å². The molecule has 0 bridgehead atoms. The van der Waals surface area contributed by atoms with Crippen LogP contribution in [-0.4, -0.2) is 70.4 Å². The van der Waals surface area contributed by atoms with Crippen LogP contribution in [0.4, 0.5) is 4.39 Å². The molecular formula is C29H29FN4O4S. The Labute approximate surface area is 230 Å². The van der Waals surface area contributed by atoms with E-state index in [0.717, 1.165) is 5.56 Å². The highest BCUT2D eigenvalue weighted by Crippen LogP contribution is 2.47. The molecule has 202 valence electrons. The Morgan fingerprint density at radius 2 is 1.74 bits per heavy atom. The van der Waals surface area contributed by atoms with Crippen molar-refractivity contribution >= 4 is 40.4 Å². The Hall–Kier alpha value is -3.92. The first-order valence-corrected chi connectivity index (χ1v) is 13.7. The van der Waals surface area contributed by atoms with Crippen LogP contribution in [0.3, 0.4) is 0 Å². The van der Waals surface area contributed by atoms with E-state index in [-0.39, 0.29) is 30.4 Å². The number of amides is 2. The minimum absolute atomic E-state index is 0.00314. The number of nitrogens with zero attached hydrogens (tertiary/aromatic N) is 4. The number of thioether (sulfide) groups is 1. The van der Waals surface area contributed by atoms with Crippen molar-refractivity contribution in [2.24, 2.45) is 4.99 Å². The van der Waals surface area contributed by atoms with Crippen LogP contribution in [0.5, 0.6) is 0 Å². The van der Waals surface area contributed by atoms with E-state index < -0.39 is 17.8 Å². The van der Waals surface area contributed by atoms with Gasteiger partial charge in [-0.15, -0.1) is 0 Å². The van der Waals surface area contributed by atoms with Crippen molar-refractivity contribution in [2.45, 2.75) is 26.3 Å². The molecule has 1 saturated heterocycles. The minimum atomic E-state index is -0.744. The molecule has 0 N–H and O–H groups in total. The van der Waals surface area contributed by atoms with E-state index in [9.17, 15) is 18.8 Å². The Bertz CT molecular complexity index is 1380. The van der Waals surface area contributed by atoms with Gasteiger partial charge in [0.25, 0.3) is 0 Å². The second-order valence-corrected chi connectivity index (χ2v) is 10.2. The molecule has 3 aliphatic rings. The summed E-state index contributed by atoms with van der Waals surface area (Å²) in [6, 6.07) is 14.7. The van der Waals surface area contributed by atoms with Crippen LogP contribution < -0.4 is 0 Å². The molecule has 0 saturated carbocycles. The third-order valence-electron chi connectivity index (χ3n) is 6.93. The Kier molecular flexibility index (Phi) is 7.83. The highest BCUT2D eigenvalue weighted by molar-refractivity contribution is 8.16. The molecule has 3 aliphatic heterocycles. The molecule has 1 unspecified atom stereocenters. The number of hydrogen-bond donors (Lipinski definition) is 0. The van der Waals surface area contributed by atoms with Crippen LogP contribution in [0.25, 0.3) is 5.70 Å². The molecule has 1 fully saturated rings. The van der Waals surface area contributed by atoms with Crippen LogP contribution >= 0.6 is 11.8 Å². The fourth-order valence-electron chi connectivity index (χ4n) is 5.02. The van der Waals surface area contributed by atoms with Gasteiger partial charge in [0.1, 0.15) is 5.82 Å². The average Bonchev–Trinajstić information content (AvgIpc) is 3.34. The summed E-state index contributed by atoms with van der Waals surface area (Å²) in [4.78, 5) is 48.7. The monoisotopic (exact) mass is 548 g/mol. The largest absolute Gasteiger partial charge is 0.463 e. The first-order chi connectivity index (χ1) is 18.9. The fourth-order valence-corrected chi connectivity index (χ4v) is 5.94. The lowest BCUT2D eigenvalue weighted by Gasteiger charge is -2.38. The lowest BCUT2D eigenvalue weighted by Crippen LogP contribution is -2.50. The Morgan fingerprint density at radius 3 is 2.41 bits per heavy atom. The number of rotatable bonds is 6. The molecule has 10 heteroatoms. The van der Waals surface area contributed by atoms with Crippen molar-refractivity contribution < 1.29 is 23.5 Å². The van der Waals surface area contributed by atoms with E-state index in [1.165, 1.54) is 30.8 Å². The van der Waals surface area contributed by atoms with Crippen molar-refractivity contribution in [2.75, 3.05) is 32.8 Å². The lowest BCUT2D eigenvalue weighted by atomic mass is 9.91. The van der Waals surface area contributed by atoms with Gasteiger partial charge in [0.15, 0.2) is 5.17 Å². The molecule has 0 spiro atoms. The average molecular weight is 549 g/mol. The first kappa shape index (κ1) is 26.7. The number of piperazine rings is 1. The van der Waals surface area contributed by atoms with E-state index >= 15 is 0 Å². The van der Waals surface area contributed by atoms with Crippen LogP contribution in [0.1, 0.15) is 37.4 Å². The summed E-state index contributed by atoms with van der Waals surface area (Å²) in [5, 5.41) is 2.46. The number of fused-ring (bicyclic) bond motifs is 1. The van der Waals surface area contributed by atoms with Gasteiger partial charge in [-0.25, -0.2) is 14.2 Å². The molecule has 2 aromatic rings. The fraction of sp³-hybridized carbons (Fsp3) is 0.310. The zero-order chi connectivity index (χ0) is 27.5. The number of amidine groups is 1. The van der Waals surface area contributed by atoms with Gasteiger partial charge in [-0.2, -0.15) is 0 Å². The Balaban J connectivity index is 1.53. The molecular weight excluding hydrogens is 519 g/mol. The molecule has 0 aromatic heterocycles. The normalized spacial score (nSPS) is 18.9. The second kappa shape index (κ2) is 11.4. The zero-order valence-electron chi connectivity index (χ0n) is 21.8. The summed E-state index contributed by atoms with van der Waals surface area (Å²) >= 11 is 1.37. The van der Waals surface area contributed by atoms with Gasteiger partial charge < -0.3 is 19.4 Å². The van der Waals surface area contributed by atoms with Gasteiger partial charge in [-0.1, -0.05) is 54.2 Å². The molecule has 0 aliphatic carbocycles. The van der Waals surface area contributed by atoms with Gasteiger partial charge in [-0.05, 0) is 30.0 Å². The minimum Gasteiger partial charge on any atom is -0.463 e. The number of esters is 1. The number of aliphatic imine (C=N–C) groups is 1. The number of hydrogen-bond acceptors (Lipinski definition) is 7. The van der Waals surface area contributed by atoms with Gasteiger partial charge >= 0.3 is 5.97 Å². The zero-order valence-corrected chi connectivity index (χ0v) is 22.6. The number of halogens is 1. The standard InChI is InChI=1S/C29H29FN4O4S/c1-3-38-28(37)25-26(20-8-5-4-6-9-20)31-29-34(27(25)21-10-7-11-22(30)16-21)23(18-39-29)17-24(36)33-14-12-32(13-15-33)19(2)35/h4-11,16,18,27H,3,12-15,17H2,1-2H3. The summed E-state index contributed by atoms with van der Waals surface area (Å²) in [7, 11) is 0. The Morgan fingerprint density at radius 1 is 1.03 bits per heavy atom. The maximum atomic E-state index is 14.5. The van der Waals surface area contributed by atoms with Crippen LogP contribution in [0, 0.1) is 5.82 Å². The van der Waals surface area contributed by atoms with E-state index in [2.05, 4.69) is 0 Å². The van der Waals surface area contributed by atoms with E-state index in [1.807, 2.05) is 40.6 Å². The van der Waals surface area contributed by atoms with Crippen molar-refractivity contribution in [3.8, 4) is 0 Å². The molecule has 5 rings (SSSR count). The highest BCUT2D eigenvalue weighted by atomic mass is 32.2. The smallest absolute Gasteiger partial charge is 0.338 e. The molecule has 39 heavy (non-hydrogen) atoms. The lowest BCUT2D eigenvalue weighted by molar-refractivity contribution is -0.139. The van der Waals surface area contributed by atoms with E-state index in [1.54, 1.807) is 28.9 Å². The summed E-state index contributed by atoms with van der Waals surface area (Å²) < 4.78 is 20.0. The first-order valence-electron chi connectivity index (χ1n) is 12.9. The van der Waals surface area contributed by atoms with Crippen molar-refractivity contribution in [1.82, 2.24) is 14.7 Å². The summed E-state index contributed by atoms with van der Waals surface area (Å²) in [5.74, 6) is -1.06. The number of benzene rings is 2. The second-order valence-electron chi connectivity index (χ2n) is 9.36. The number of carbonyl (C=O) groups is 3. The molecule has 3 heterocycles. The van der Waals surface area contributed by atoms with Crippen LogP contribution in [0.15, 0.2) is 76.3 Å². The third-order valence-corrected chi connectivity index (χ3v) is 7.82. The van der Waals surface area contributed by atoms with Gasteiger partial charge in [0, 0.05) is 44.4 Å². The summed E-state index contributed by atoms with van der Waals surface area (Å²) in [6.07, 6.45) is 0.0781. The predicted molar refractivity (Wildman–Crippen MR) is 148 cm³/mol. The van der Waals surface area contributed by atoms with Crippen LogP contribution in [-0.2, 0) is 19.1 Å². The van der Waals surface area contributed by atoms with Gasteiger partial charge in [0.2, 0.25) is 11.8 Å². The summed E-state index contributed by atoms with van der Waals surface area (Å²) in [5.41, 5.74) is 2.70. The molecule has 8 nitrogen and oxygen atoms in total. The molecule has 0 radical (unpaired) electrons. The number of ether oxygens (including phenoxy) is 1. The van der Waals surface area contributed by atoms with Gasteiger partial charge in [0.05, 0.1) is 30.3 Å². The summed E-state index contributed by atoms with van der Waals surface area (Å²) in [6.45, 7) is 5.33. The maximum absolute atomic E-state index is 14.5. The third kappa shape index (κ3) is 5.47. The molecule has 2 aromatic carbocycles. The highest BCUT2D eigenvalue weighted by Gasteiger charge is 2.42. The van der Waals surface area contributed by atoms with Crippen molar-refractivity contribution in [3.05, 3.63) is 88.2 Å². The molecule has 2 amide bonds. The van der Waals surface area contributed by atoms with E-state index in [4.69, 9.17) is 9.73 Å². The molecule has 1 atom stereocenters. The topological polar surface area (TPSA) is 82.5 Å². The van der Waals surface area contributed by atoms with Gasteiger partial charge in [-0.3, -0.25) is 9.59 Å². The van der Waals surface area contributed by atoms with Crippen molar-refractivity contribution in [3.63, 3.8) is 0 Å². The van der Waals surface area contributed by atoms with Crippen LogP contribution in [0.2, 0.25) is 0 Å².